The molecule has 0 saturated carbocycles. The third-order valence-corrected chi connectivity index (χ3v) is 3.29. The van der Waals surface area contributed by atoms with E-state index >= 15 is 0 Å². The zero-order valence-corrected chi connectivity index (χ0v) is 11.7. The highest BCUT2D eigenvalue weighted by Gasteiger charge is 2.31. The van der Waals surface area contributed by atoms with Crippen molar-refractivity contribution in [3.8, 4) is 0 Å². The van der Waals surface area contributed by atoms with Gasteiger partial charge in [-0.1, -0.05) is 6.08 Å². The SMILES string of the molecule is COC(=O)C1=CCCC2CCC1N2.O=C(O)C=CC(=O)O. The van der Waals surface area contributed by atoms with Crippen LogP contribution in [-0.2, 0) is 19.1 Å². The summed E-state index contributed by atoms with van der Waals surface area (Å²) in [5.41, 5.74) is 0.836. The number of aliphatic carboxylic acids is 2. The normalized spacial score (nSPS) is 23.6. The predicted octanol–water partition coefficient (Wildman–Crippen LogP) is 0.712. The molecule has 0 aromatic heterocycles. The molecule has 2 aliphatic heterocycles. The van der Waals surface area contributed by atoms with Crippen LogP contribution in [0.4, 0.5) is 0 Å². The number of carboxylic acid groups (broad SMARTS) is 2. The first kappa shape index (κ1) is 16.9. The molecule has 0 spiro atoms. The van der Waals surface area contributed by atoms with E-state index in [1.807, 2.05) is 6.08 Å². The van der Waals surface area contributed by atoms with Crippen LogP contribution >= 0.6 is 0 Å². The van der Waals surface area contributed by atoms with Crippen LogP contribution in [-0.4, -0.2) is 47.3 Å². The largest absolute Gasteiger partial charge is 0.478 e. The van der Waals surface area contributed by atoms with Crippen LogP contribution in [0.25, 0.3) is 0 Å². The van der Waals surface area contributed by atoms with Crippen molar-refractivity contribution in [1.82, 2.24) is 5.32 Å². The summed E-state index contributed by atoms with van der Waals surface area (Å²) in [6.07, 6.45) is 7.56. The summed E-state index contributed by atoms with van der Waals surface area (Å²) in [4.78, 5) is 30.5. The number of hydrogen-bond acceptors (Lipinski definition) is 5. The molecule has 0 radical (unpaired) electrons. The number of nitrogens with one attached hydrogen (secondary N) is 1. The Morgan fingerprint density at radius 3 is 2.33 bits per heavy atom. The second kappa shape index (κ2) is 8.21. The molecule has 7 nitrogen and oxygen atoms in total. The molecule has 2 rings (SSSR count). The standard InChI is InChI=1S/C10H15NO2.C4H4O4/c1-13-10(12)8-4-2-3-7-5-6-9(8)11-7;5-3(6)1-2-4(7)8/h4,7,9,11H,2-3,5-6H2,1H3;1-2H,(H,5,6)(H,7,8). The van der Waals surface area contributed by atoms with E-state index in [4.69, 9.17) is 14.9 Å². The van der Waals surface area contributed by atoms with Gasteiger partial charge in [0.25, 0.3) is 0 Å². The second-order valence-corrected chi connectivity index (χ2v) is 4.73. The van der Waals surface area contributed by atoms with Crippen molar-refractivity contribution in [2.45, 2.75) is 37.8 Å². The van der Waals surface area contributed by atoms with Crippen LogP contribution in [0.5, 0.6) is 0 Å². The van der Waals surface area contributed by atoms with E-state index in [-0.39, 0.29) is 12.0 Å². The van der Waals surface area contributed by atoms with E-state index in [9.17, 15) is 14.4 Å². The minimum absolute atomic E-state index is 0.167. The Morgan fingerprint density at radius 1 is 1.19 bits per heavy atom. The number of ether oxygens (including phenoxy) is 1. The Balaban J connectivity index is 0.000000240. The quantitative estimate of drug-likeness (QED) is 0.519. The number of hydrogen-bond donors (Lipinski definition) is 3. The highest BCUT2D eigenvalue weighted by Crippen LogP contribution is 2.26. The van der Waals surface area contributed by atoms with Crippen molar-refractivity contribution >= 4 is 17.9 Å². The molecule has 0 amide bonds. The van der Waals surface area contributed by atoms with Gasteiger partial charge in [-0.25, -0.2) is 14.4 Å². The van der Waals surface area contributed by atoms with Gasteiger partial charge in [-0.3, -0.25) is 0 Å². The molecule has 2 heterocycles. The number of fused-ring (bicyclic) bond motifs is 2. The van der Waals surface area contributed by atoms with Crippen LogP contribution < -0.4 is 5.32 Å². The summed E-state index contributed by atoms with van der Waals surface area (Å²) < 4.78 is 4.75. The zero-order valence-electron chi connectivity index (χ0n) is 11.7. The molecule has 116 valence electrons. The van der Waals surface area contributed by atoms with Crippen molar-refractivity contribution in [1.29, 1.82) is 0 Å². The summed E-state index contributed by atoms with van der Waals surface area (Å²) >= 11 is 0. The van der Waals surface area contributed by atoms with Crippen LogP contribution in [0.2, 0.25) is 0 Å². The van der Waals surface area contributed by atoms with Crippen molar-refractivity contribution in [2.75, 3.05) is 7.11 Å². The van der Waals surface area contributed by atoms with Gasteiger partial charge in [0, 0.05) is 24.2 Å². The summed E-state index contributed by atoms with van der Waals surface area (Å²) in [6, 6.07) is 0.864. The van der Waals surface area contributed by atoms with Gasteiger partial charge in [0.2, 0.25) is 0 Å². The number of carbonyl (C=O) groups is 3. The molecule has 21 heavy (non-hydrogen) atoms. The summed E-state index contributed by atoms with van der Waals surface area (Å²) in [5.74, 6) is -2.68. The molecule has 0 aromatic carbocycles. The van der Waals surface area contributed by atoms with Crippen molar-refractivity contribution in [3.05, 3.63) is 23.8 Å². The molecule has 2 unspecified atom stereocenters. The fourth-order valence-electron chi connectivity index (χ4n) is 2.36. The third-order valence-electron chi connectivity index (χ3n) is 3.29. The maximum atomic E-state index is 11.4. The van der Waals surface area contributed by atoms with Gasteiger partial charge in [-0.05, 0) is 25.7 Å². The molecular weight excluding hydrogens is 278 g/mol. The van der Waals surface area contributed by atoms with Gasteiger partial charge in [-0.15, -0.1) is 0 Å². The lowest BCUT2D eigenvalue weighted by Gasteiger charge is -2.12. The van der Waals surface area contributed by atoms with E-state index in [1.165, 1.54) is 13.5 Å². The number of allylic oxidation sites excluding steroid dienone is 1. The Kier molecular flexibility index (Phi) is 6.61. The minimum Gasteiger partial charge on any atom is -0.478 e. The van der Waals surface area contributed by atoms with Gasteiger partial charge in [0.05, 0.1) is 12.7 Å². The summed E-state index contributed by atoms with van der Waals surface area (Å²) in [5, 5.41) is 19.1. The second-order valence-electron chi connectivity index (χ2n) is 4.73. The van der Waals surface area contributed by atoms with Crippen molar-refractivity contribution in [3.63, 3.8) is 0 Å². The molecule has 0 aliphatic carbocycles. The zero-order chi connectivity index (χ0) is 15.8. The molecule has 1 saturated heterocycles. The van der Waals surface area contributed by atoms with Gasteiger partial charge in [0.15, 0.2) is 0 Å². The summed E-state index contributed by atoms with van der Waals surface area (Å²) in [7, 11) is 1.44. The van der Waals surface area contributed by atoms with Gasteiger partial charge < -0.3 is 20.3 Å². The number of carboxylic acids is 2. The molecule has 7 heteroatoms. The number of methoxy groups -OCH3 is 1. The van der Waals surface area contributed by atoms with E-state index in [1.54, 1.807) is 0 Å². The molecule has 3 N–H and O–H groups in total. The van der Waals surface area contributed by atoms with E-state index in [0.29, 0.717) is 18.2 Å². The Bertz CT molecular complexity index is 452. The van der Waals surface area contributed by atoms with Gasteiger partial charge in [0.1, 0.15) is 0 Å². The molecule has 2 bridgehead atoms. The average molecular weight is 297 g/mol. The fourth-order valence-corrected chi connectivity index (χ4v) is 2.36. The highest BCUT2D eigenvalue weighted by atomic mass is 16.5. The number of rotatable bonds is 3. The van der Waals surface area contributed by atoms with Gasteiger partial charge >= 0.3 is 17.9 Å². The topological polar surface area (TPSA) is 113 Å². The van der Waals surface area contributed by atoms with Crippen LogP contribution in [0, 0.1) is 0 Å². The van der Waals surface area contributed by atoms with Crippen LogP contribution in [0.15, 0.2) is 23.8 Å². The van der Waals surface area contributed by atoms with Crippen LogP contribution in [0.3, 0.4) is 0 Å². The lowest BCUT2D eigenvalue weighted by molar-refractivity contribution is -0.136. The summed E-state index contributed by atoms with van der Waals surface area (Å²) in [6.45, 7) is 0. The molecule has 1 fully saturated rings. The first-order valence-corrected chi connectivity index (χ1v) is 6.62. The molecular formula is C14H19NO6. The Hall–Kier alpha value is -2.15. The molecule has 0 aromatic rings. The number of carbonyl (C=O) groups excluding carboxylic acids is 1. The number of esters is 1. The monoisotopic (exact) mass is 297 g/mol. The minimum atomic E-state index is -1.26. The van der Waals surface area contributed by atoms with E-state index < -0.39 is 11.9 Å². The highest BCUT2D eigenvalue weighted by molar-refractivity contribution is 5.90. The molecule has 2 aliphatic rings. The maximum absolute atomic E-state index is 11.4. The van der Waals surface area contributed by atoms with Crippen molar-refractivity contribution in [2.24, 2.45) is 0 Å². The van der Waals surface area contributed by atoms with E-state index in [0.717, 1.165) is 24.8 Å². The van der Waals surface area contributed by atoms with Crippen molar-refractivity contribution < 1.29 is 29.3 Å². The lowest BCUT2D eigenvalue weighted by Crippen LogP contribution is -2.31. The Morgan fingerprint density at radius 2 is 1.81 bits per heavy atom. The lowest BCUT2D eigenvalue weighted by atomic mass is 10.00. The smallest absolute Gasteiger partial charge is 0.335 e. The first-order chi connectivity index (χ1) is 9.93. The van der Waals surface area contributed by atoms with Crippen LogP contribution in [0.1, 0.15) is 25.7 Å². The average Bonchev–Trinajstić information content (AvgIpc) is 2.78. The van der Waals surface area contributed by atoms with E-state index in [2.05, 4.69) is 5.32 Å². The Labute approximate surface area is 122 Å². The molecule has 2 atom stereocenters. The maximum Gasteiger partial charge on any atom is 0.335 e. The fraction of sp³-hybridized carbons (Fsp3) is 0.500. The predicted molar refractivity (Wildman–Crippen MR) is 73.7 cm³/mol. The van der Waals surface area contributed by atoms with Gasteiger partial charge in [-0.2, -0.15) is 0 Å². The first-order valence-electron chi connectivity index (χ1n) is 6.62. The third kappa shape index (κ3) is 5.78.